The summed E-state index contributed by atoms with van der Waals surface area (Å²) in [6.45, 7) is 7.79. The van der Waals surface area contributed by atoms with E-state index >= 15 is 0 Å². The average molecular weight is 280 g/mol. The van der Waals surface area contributed by atoms with Gasteiger partial charge in [0.05, 0.1) is 6.42 Å². The van der Waals surface area contributed by atoms with E-state index in [0.717, 1.165) is 22.3 Å². The van der Waals surface area contributed by atoms with Gasteiger partial charge in [0.15, 0.2) is 11.6 Å². The van der Waals surface area contributed by atoms with Gasteiger partial charge in [0.2, 0.25) is 0 Å². The third-order valence-corrected chi connectivity index (χ3v) is 3.69. The number of ketones is 2. The molecule has 0 aromatic heterocycles. The Morgan fingerprint density at radius 1 is 0.714 bits per heavy atom. The predicted octanol–water partition coefficient (Wildman–Crippen LogP) is 4.38. The highest BCUT2D eigenvalue weighted by atomic mass is 16.1. The highest BCUT2D eigenvalue weighted by Gasteiger charge is 2.16. The van der Waals surface area contributed by atoms with E-state index in [4.69, 9.17) is 0 Å². The van der Waals surface area contributed by atoms with E-state index in [2.05, 4.69) is 0 Å². The Balaban J connectivity index is 2.21. The fourth-order valence-electron chi connectivity index (χ4n) is 2.59. The van der Waals surface area contributed by atoms with E-state index in [1.807, 2.05) is 64.1 Å². The third-order valence-electron chi connectivity index (χ3n) is 3.69. The molecule has 21 heavy (non-hydrogen) atoms. The van der Waals surface area contributed by atoms with Gasteiger partial charge in [-0.25, -0.2) is 0 Å². The lowest BCUT2D eigenvalue weighted by Crippen LogP contribution is -2.11. The molecule has 0 unspecified atom stereocenters. The number of benzene rings is 2. The van der Waals surface area contributed by atoms with Crippen molar-refractivity contribution < 1.29 is 9.59 Å². The Morgan fingerprint density at radius 2 is 1.10 bits per heavy atom. The van der Waals surface area contributed by atoms with Gasteiger partial charge >= 0.3 is 0 Å². The predicted molar refractivity (Wildman–Crippen MR) is 85.1 cm³/mol. The molecule has 2 aromatic carbocycles. The summed E-state index contributed by atoms with van der Waals surface area (Å²) in [4.78, 5) is 24.6. The SMILES string of the molecule is Cc1ccc(C(=O)CC(=O)c2ccc(C)cc2C)c(C)c1. The molecular weight excluding hydrogens is 260 g/mol. The Morgan fingerprint density at radius 3 is 1.43 bits per heavy atom. The molecule has 2 rings (SSSR count). The van der Waals surface area contributed by atoms with Gasteiger partial charge in [-0.15, -0.1) is 0 Å². The van der Waals surface area contributed by atoms with E-state index < -0.39 is 0 Å². The van der Waals surface area contributed by atoms with Crippen LogP contribution in [0.5, 0.6) is 0 Å². The summed E-state index contributed by atoms with van der Waals surface area (Å²) >= 11 is 0. The molecule has 0 aliphatic rings. The van der Waals surface area contributed by atoms with E-state index in [-0.39, 0.29) is 18.0 Å². The van der Waals surface area contributed by atoms with Gasteiger partial charge in [0, 0.05) is 11.1 Å². The van der Waals surface area contributed by atoms with Crippen LogP contribution in [-0.4, -0.2) is 11.6 Å². The molecule has 0 saturated heterocycles. The lowest BCUT2D eigenvalue weighted by molar-refractivity contribution is 0.0894. The van der Waals surface area contributed by atoms with Crippen LogP contribution in [0.3, 0.4) is 0 Å². The number of Topliss-reactive ketones (excluding diaryl/α,β-unsaturated/α-hetero) is 2. The van der Waals surface area contributed by atoms with Crippen LogP contribution in [-0.2, 0) is 0 Å². The highest BCUT2D eigenvalue weighted by Crippen LogP contribution is 2.17. The zero-order valence-electron chi connectivity index (χ0n) is 13.0. The van der Waals surface area contributed by atoms with Gasteiger partial charge in [-0.1, -0.05) is 47.5 Å². The maximum Gasteiger partial charge on any atom is 0.170 e. The Kier molecular flexibility index (Phi) is 4.37. The lowest BCUT2D eigenvalue weighted by Gasteiger charge is -2.08. The van der Waals surface area contributed by atoms with Gasteiger partial charge in [-0.05, 0) is 38.8 Å². The van der Waals surface area contributed by atoms with Crippen LogP contribution in [0, 0.1) is 27.7 Å². The van der Waals surface area contributed by atoms with Crippen molar-refractivity contribution >= 4 is 11.6 Å². The molecule has 0 radical (unpaired) electrons. The fourth-order valence-corrected chi connectivity index (χ4v) is 2.59. The molecule has 0 aliphatic carbocycles. The number of aryl methyl sites for hydroxylation is 4. The maximum atomic E-state index is 12.3. The minimum Gasteiger partial charge on any atom is -0.294 e. The van der Waals surface area contributed by atoms with Crippen molar-refractivity contribution in [1.82, 2.24) is 0 Å². The Hall–Kier alpha value is -2.22. The van der Waals surface area contributed by atoms with Crippen molar-refractivity contribution in [2.45, 2.75) is 34.1 Å². The molecule has 0 bridgehead atoms. The zero-order valence-corrected chi connectivity index (χ0v) is 13.0. The summed E-state index contributed by atoms with van der Waals surface area (Å²) in [6.07, 6.45) is -0.0756. The van der Waals surface area contributed by atoms with Crippen LogP contribution in [0.2, 0.25) is 0 Å². The molecule has 2 nitrogen and oxygen atoms in total. The molecule has 2 heteroatoms. The Labute approximate surface area is 125 Å². The molecule has 0 aliphatic heterocycles. The first kappa shape index (κ1) is 15.2. The van der Waals surface area contributed by atoms with E-state index in [9.17, 15) is 9.59 Å². The van der Waals surface area contributed by atoms with E-state index in [1.165, 1.54) is 0 Å². The summed E-state index contributed by atoms with van der Waals surface area (Å²) in [6, 6.07) is 11.4. The van der Waals surface area contributed by atoms with Crippen LogP contribution in [0.4, 0.5) is 0 Å². The lowest BCUT2D eigenvalue weighted by atomic mass is 9.95. The molecule has 0 N–H and O–H groups in total. The van der Waals surface area contributed by atoms with Gasteiger partial charge in [-0.2, -0.15) is 0 Å². The number of carbonyl (C=O) groups excluding carboxylic acids is 2. The second-order valence-corrected chi connectivity index (χ2v) is 5.66. The second-order valence-electron chi connectivity index (χ2n) is 5.66. The van der Waals surface area contributed by atoms with E-state index in [0.29, 0.717) is 11.1 Å². The van der Waals surface area contributed by atoms with Crippen molar-refractivity contribution in [1.29, 1.82) is 0 Å². The quantitative estimate of drug-likeness (QED) is 0.615. The highest BCUT2D eigenvalue weighted by molar-refractivity contribution is 6.14. The standard InChI is InChI=1S/C19H20O2/c1-12-5-7-16(14(3)9-12)18(20)11-19(21)17-8-6-13(2)10-15(17)4/h5-10H,11H2,1-4H3. The van der Waals surface area contributed by atoms with Crippen molar-refractivity contribution in [3.8, 4) is 0 Å². The van der Waals surface area contributed by atoms with Crippen LogP contribution in [0.25, 0.3) is 0 Å². The molecule has 108 valence electrons. The molecule has 0 amide bonds. The van der Waals surface area contributed by atoms with Crippen molar-refractivity contribution in [3.63, 3.8) is 0 Å². The summed E-state index contributed by atoms with van der Waals surface area (Å²) in [7, 11) is 0. The monoisotopic (exact) mass is 280 g/mol. The summed E-state index contributed by atoms with van der Waals surface area (Å²) < 4.78 is 0. The normalized spacial score (nSPS) is 10.5. The maximum absolute atomic E-state index is 12.3. The number of hydrogen-bond acceptors (Lipinski definition) is 2. The minimum absolute atomic E-state index is 0.0756. The molecule has 0 saturated carbocycles. The molecule has 0 fully saturated rings. The third kappa shape index (κ3) is 3.46. The first-order chi connectivity index (χ1) is 9.88. The second kappa shape index (κ2) is 6.04. The number of rotatable bonds is 4. The van der Waals surface area contributed by atoms with Crippen LogP contribution in [0.15, 0.2) is 36.4 Å². The zero-order chi connectivity index (χ0) is 15.6. The summed E-state index contributed by atoms with van der Waals surface area (Å²) in [5.74, 6) is -0.227. The van der Waals surface area contributed by atoms with Crippen LogP contribution >= 0.6 is 0 Å². The van der Waals surface area contributed by atoms with Crippen LogP contribution < -0.4 is 0 Å². The van der Waals surface area contributed by atoms with Gasteiger partial charge in [0.1, 0.15) is 0 Å². The summed E-state index contributed by atoms with van der Waals surface area (Å²) in [5, 5.41) is 0. The topological polar surface area (TPSA) is 34.1 Å². The molecule has 2 aromatic rings. The van der Waals surface area contributed by atoms with Crippen molar-refractivity contribution in [2.75, 3.05) is 0 Å². The molecule has 0 heterocycles. The smallest absolute Gasteiger partial charge is 0.170 e. The van der Waals surface area contributed by atoms with Crippen LogP contribution in [0.1, 0.15) is 49.4 Å². The summed E-state index contributed by atoms with van der Waals surface area (Å²) in [5.41, 5.74) is 5.36. The largest absolute Gasteiger partial charge is 0.294 e. The molecule has 0 spiro atoms. The van der Waals surface area contributed by atoms with Gasteiger partial charge in [0.25, 0.3) is 0 Å². The first-order valence-electron chi connectivity index (χ1n) is 7.09. The minimum atomic E-state index is -0.113. The number of carbonyl (C=O) groups is 2. The van der Waals surface area contributed by atoms with Crippen molar-refractivity contribution in [2.24, 2.45) is 0 Å². The molecule has 0 atom stereocenters. The van der Waals surface area contributed by atoms with Gasteiger partial charge in [-0.3, -0.25) is 9.59 Å². The van der Waals surface area contributed by atoms with E-state index in [1.54, 1.807) is 0 Å². The fraction of sp³-hybridized carbons (Fsp3) is 0.263. The van der Waals surface area contributed by atoms with Gasteiger partial charge < -0.3 is 0 Å². The molecular formula is C19H20O2. The Bertz CT molecular complexity index is 650. The first-order valence-corrected chi connectivity index (χ1v) is 7.09. The van der Waals surface area contributed by atoms with Crippen molar-refractivity contribution in [3.05, 3.63) is 69.8 Å². The average Bonchev–Trinajstić information content (AvgIpc) is 2.37. The number of hydrogen-bond donors (Lipinski definition) is 0.